The molecule has 7 nitrogen and oxygen atoms in total. The lowest BCUT2D eigenvalue weighted by Crippen LogP contribution is -2.45. The van der Waals surface area contributed by atoms with Crippen LogP contribution in [0.1, 0.15) is 43.0 Å². The predicted molar refractivity (Wildman–Crippen MR) is 138 cm³/mol. The summed E-state index contributed by atoms with van der Waals surface area (Å²) in [6.45, 7) is 0.985. The molecule has 1 unspecified atom stereocenters. The van der Waals surface area contributed by atoms with E-state index in [1.807, 2.05) is 4.90 Å². The van der Waals surface area contributed by atoms with E-state index in [0.29, 0.717) is 54.0 Å². The molecule has 1 fully saturated rings. The van der Waals surface area contributed by atoms with Crippen molar-refractivity contribution in [3.63, 3.8) is 0 Å². The second-order valence-corrected chi connectivity index (χ2v) is 9.84. The minimum absolute atomic E-state index is 0.0553. The van der Waals surface area contributed by atoms with Crippen LogP contribution in [0.5, 0.6) is 5.75 Å². The molecule has 0 spiro atoms. The molecule has 2 aromatic carbocycles. The van der Waals surface area contributed by atoms with Crippen LogP contribution < -0.4 is 10.1 Å². The lowest BCUT2D eigenvalue weighted by molar-refractivity contribution is -0.153. The Kier molecular flexibility index (Phi) is 8.91. The molecule has 2 heterocycles. The van der Waals surface area contributed by atoms with Crippen molar-refractivity contribution in [1.82, 2.24) is 9.88 Å². The number of rotatable bonds is 11. The second kappa shape index (κ2) is 12.2. The van der Waals surface area contributed by atoms with E-state index < -0.39 is 47.3 Å². The molecule has 1 aromatic heterocycles. The standard InChI is InChI=1S/C28H31F4N3O4/c1-39-19-2-3-24-20(14-19)25(17(16-36)15-34-24)21(30)4-5-28(27(37)38)6-9-35(10-7-28)11-8-33-26-22(31)12-18(29)13-23(26)32/h2-3,12-15,21,33,36H,4-11,16H2,1H3,(H,37,38). The highest BCUT2D eigenvalue weighted by atomic mass is 19.1. The van der Waals surface area contributed by atoms with Gasteiger partial charge in [0.1, 0.15) is 23.4 Å². The molecule has 0 amide bonds. The highest BCUT2D eigenvalue weighted by molar-refractivity contribution is 5.85. The number of anilines is 1. The topological polar surface area (TPSA) is 94.9 Å². The van der Waals surface area contributed by atoms with Gasteiger partial charge in [-0.25, -0.2) is 17.6 Å². The van der Waals surface area contributed by atoms with E-state index in [9.17, 15) is 28.2 Å². The average Bonchev–Trinajstić information content (AvgIpc) is 2.92. The zero-order valence-corrected chi connectivity index (χ0v) is 21.5. The zero-order chi connectivity index (χ0) is 28.2. The van der Waals surface area contributed by atoms with Gasteiger partial charge in [-0.1, -0.05) is 0 Å². The quantitative estimate of drug-likeness (QED) is 0.282. The molecular formula is C28H31F4N3O4. The van der Waals surface area contributed by atoms with Gasteiger partial charge in [-0.2, -0.15) is 0 Å². The number of aliphatic carboxylic acids is 1. The lowest BCUT2D eigenvalue weighted by atomic mass is 9.74. The summed E-state index contributed by atoms with van der Waals surface area (Å²) < 4.78 is 61.8. The third-order valence-electron chi connectivity index (χ3n) is 7.56. The number of alkyl halides is 1. The highest BCUT2D eigenvalue weighted by Crippen LogP contribution is 2.41. The summed E-state index contributed by atoms with van der Waals surface area (Å²) >= 11 is 0. The number of aromatic nitrogens is 1. The minimum Gasteiger partial charge on any atom is -0.497 e. The molecule has 0 radical (unpaired) electrons. The smallest absolute Gasteiger partial charge is 0.309 e. The number of nitrogens with one attached hydrogen (secondary N) is 1. The van der Waals surface area contributed by atoms with Crippen LogP contribution in [0.25, 0.3) is 10.9 Å². The van der Waals surface area contributed by atoms with Crippen LogP contribution in [-0.2, 0) is 11.4 Å². The Morgan fingerprint density at radius 3 is 2.49 bits per heavy atom. The molecule has 4 rings (SSSR count). The number of aliphatic hydroxyl groups excluding tert-OH is 1. The molecule has 0 aliphatic carbocycles. The molecule has 1 aliphatic rings. The van der Waals surface area contributed by atoms with Crippen molar-refractivity contribution in [2.24, 2.45) is 5.41 Å². The summed E-state index contributed by atoms with van der Waals surface area (Å²) in [6.07, 6.45) is 0.516. The summed E-state index contributed by atoms with van der Waals surface area (Å²) in [5.74, 6) is -3.53. The van der Waals surface area contributed by atoms with E-state index in [2.05, 4.69) is 10.3 Å². The van der Waals surface area contributed by atoms with E-state index in [0.717, 1.165) is 0 Å². The number of piperidine rings is 1. The number of carboxylic acid groups (broad SMARTS) is 1. The van der Waals surface area contributed by atoms with Crippen LogP contribution in [0.2, 0.25) is 0 Å². The number of nitrogens with zero attached hydrogens (tertiary/aromatic N) is 2. The van der Waals surface area contributed by atoms with E-state index >= 15 is 4.39 Å². The van der Waals surface area contributed by atoms with Crippen molar-refractivity contribution in [1.29, 1.82) is 0 Å². The number of carboxylic acids is 1. The monoisotopic (exact) mass is 549 g/mol. The van der Waals surface area contributed by atoms with Gasteiger partial charge in [0.25, 0.3) is 0 Å². The van der Waals surface area contributed by atoms with Crippen LogP contribution in [0.4, 0.5) is 23.2 Å². The van der Waals surface area contributed by atoms with Gasteiger partial charge >= 0.3 is 5.97 Å². The van der Waals surface area contributed by atoms with Gasteiger partial charge in [-0.05, 0) is 57.0 Å². The second-order valence-electron chi connectivity index (χ2n) is 9.84. The first kappa shape index (κ1) is 28.6. The fourth-order valence-corrected chi connectivity index (χ4v) is 5.23. The number of aliphatic hydroxyl groups is 1. The Balaban J connectivity index is 1.39. The average molecular weight is 550 g/mol. The molecule has 11 heteroatoms. The number of hydrogen-bond donors (Lipinski definition) is 3. The summed E-state index contributed by atoms with van der Waals surface area (Å²) in [6, 6.07) is 6.27. The van der Waals surface area contributed by atoms with Crippen molar-refractivity contribution in [2.75, 3.05) is 38.6 Å². The predicted octanol–water partition coefficient (Wildman–Crippen LogP) is 5.22. The van der Waals surface area contributed by atoms with Gasteiger partial charge in [-0.3, -0.25) is 9.78 Å². The maximum absolute atomic E-state index is 15.8. The van der Waals surface area contributed by atoms with Gasteiger partial charge in [0.05, 0.1) is 24.6 Å². The van der Waals surface area contributed by atoms with Crippen molar-refractivity contribution in [3.05, 3.63) is 65.1 Å². The summed E-state index contributed by atoms with van der Waals surface area (Å²) in [5, 5.41) is 23.0. The van der Waals surface area contributed by atoms with Crippen molar-refractivity contribution in [3.8, 4) is 5.75 Å². The number of methoxy groups -OCH3 is 1. The lowest BCUT2D eigenvalue weighted by Gasteiger charge is -2.39. The zero-order valence-electron chi connectivity index (χ0n) is 21.5. The largest absolute Gasteiger partial charge is 0.497 e. The summed E-state index contributed by atoms with van der Waals surface area (Å²) in [5.41, 5.74) is -0.370. The summed E-state index contributed by atoms with van der Waals surface area (Å²) in [4.78, 5) is 18.6. The molecule has 0 saturated carbocycles. The molecule has 1 aliphatic heterocycles. The maximum atomic E-state index is 15.8. The SMILES string of the molecule is COc1ccc2ncc(CO)c(C(F)CCC3(C(=O)O)CCN(CCNc4c(F)cc(F)cc4F)CC3)c2c1. The van der Waals surface area contributed by atoms with E-state index in [1.54, 1.807) is 18.2 Å². The Labute approximate surface area is 223 Å². The molecular weight excluding hydrogens is 518 g/mol. The highest BCUT2D eigenvalue weighted by Gasteiger charge is 2.41. The Morgan fingerprint density at radius 2 is 1.87 bits per heavy atom. The van der Waals surface area contributed by atoms with Crippen molar-refractivity contribution in [2.45, 2.75) is 38.5 Å². The van der Waals surface area contributed by atoms with Crippen LogP contribution >= 0.6 is 0 Å². The van der Waals surface area contributed by atoms with E-state index in [1.165, 1.54) is 13.3 Å². The van der Waals surface area contributed by atoms with Crippen LogP contribution in [0.15, 0.2) is 36.5 Å². The normalized spacial score (nSPS) is 16.3. The maximum Gasteiger partial charge on any atom is 0.309 e. The van der Waals surface area contributed by atoms with Gasteiger partial charge in [0.15, 0.2) is 11.6 Å². The van der Waals surface area contributed by atoms with Gasteiger partial charge in [-0.15, -0.1) is 0 Å². The third kappa shape index (κ3) is 6.25. The third-order valence-corrected chi connectivity index (χ3v) is 7.56. The van der Waals surface area contributed by atoms with E-state index in [-0.39, 0.29) is 37.8 Å². The van der Waals surface area contributed by atoms with Crippen LogP contribution in [-0.4, -0.2) is 59.4 Å². The molecule has 0 bridgehead atoms. The first-order valence-electron chi connectivity index (χ1n) is 12.7. The molecule has 39 heavy (non-hydrogen) atoms. The molecule has 210 valence electrons. The number of hydrogen-bond acceptors (Lipinski definition) is 6. The first-order valence-corrected chi connectivity index (χ1v) is 12.7. The molecule has 3 N–H and O–H groups in total. The van der Waals surface area contributed by atoms with Gasteiger partial charge < -0.3 is 25.2 Å². The van der Waals surface area contributed by atoms with Gasteiger partial charge in [0, 0.05) is 47.9 Å². The Morgan fingerprint density at radius 1 is 1.18 bits per heavy atom. The van der Waals surface area contributed by atoms with Crippen molar-refractivity contribution >= 4 is 22.6 Å². The summed E-state index contributed by atoms with van der Waals surface area (Å²) in [7, 11) is 1.50. The Hall–Kier alpha value is -3.44. The minimum atomic E-state index is -1.52. The number of pyridine rings is 1. The Bertz CT molecular complexity index is 1300. The number of fused-ring (bicyclic) bond motifs is 1. The fourth-order valence-electron chi connectivity index (χ4n) is 5.23. The number of ether oxygens (including phenoxy) is 1. The number of benzene rings is 2. The number of halogens is 4. The van der Waals surface area contributed by atoms with Crippen molar-refractivity contribution < 1.29 is 37.3 Å². The molecule has 1 atom stereocenters. The van der Waals surface area contributed by atoms with Crippen LogP contribution in [0.3, 0.4) is 0 Å². The number of likely N-dealkylation sites (tertiary alicyclic amines) is 1. The first-order chi connectivity index (χ1) is 18.7. The fraction of sp³-hybridized carbons (Fsp3) is 0.429. The molecule has 1 saturated heterocycles. The van der Waals surface area contributed by atoms with E-state index in [4.69, 9.17) is 4.74 Å². The van der Waals surface area contributed by atoms with Crippen LogP contribution in [0, 0.1) is 22.9 Å². The van der Waals surface area contributed by atoms with Gasteiger partial charge in [0.2, 0.25) is 0 Å². The number of carbonyl (C=O) groups is 1. The molecule has 3 aromatic rings.